The first kappa shape index (κ1) is 18.6. The summed E-state index contributed by atoms with van der Waals surface area (Å²) in [6.45, 7) is 10.3. The summed E-state index contributed by atoms with van der Waals surface area (Å²) in [5.41, 5.74) is 1.92. The molecule has 2 heterocycles. The second-order valence-corrected chi connectivity index (χ2v) is 8.19. The van der Waals surface area contributed by atoms with Gasteiger partial charge in [-0.2, -0.15) is 4.98 Å². The number of aromatic nitrogens is 2. The second kappa shape index (κ2) is 7.58. The molecule has 1 aliphatic heterocycles. The van der Waals surface area contributed by atoms with Crippen LogP contribution in [0.2, 0.25) is 0 Å². The average molecular weight is 356 g/mol. The van der Waals surface area contributed by atoms with Gasteiger partial charge in [0.1, 0.15) is 0 Å². The molecule has 0 saturated carbocycles. The Hall–Kier alpha value is -2.21. The van der Waals surface area contributed by atoms with Crippen molar-refractivity contribution < 1.29 is 9.32 Å². The van der Waals surface area contributed by atoms with Crippen molar-refractivity contribution in [3.63, 3.8) is 0 Å². The number of amides is 1. The summed E-state index contributed by atoms with van der Waals surface area (Å²) >= 11 is 0. The Balaban J connectivity index is 1.61. The van der Waals surface area contributed by atoms with Gasteiger partial charge in [-0.1, -0.05) is 28.9 Å². The van der Waals surface area contributed by atoms with Gasteiger partial charge in [-0.25, -0.2) is 0 Å². The maximum absolute atomic E-state index is 12.4. The normalized spacial score (nSPS) is 18.7. The molecule has 1 amide bonds. The number of hydrogen-bond acceptors (Lipinski definition) is 5. The number of rotatable bonds is 4. The van der Waals surface area contributed by atoms with E-state index in [0.29, 0.717) is 18.3 Å². The maximum atomic E-state index is 12.4. The predicted molar refractivity (Wildman–Crippen MR) is 100 cm³/mol. The highest BCUT2D eigenvalue weighted by atomic mass is 16.5. The third kappa shape index (κ3) is 4.91. The van der Waals surface area contributed by atoms with Crippen molar-refractivity contribution in [3.05, 3.63) is 35.7 Å². The molecule has 6 nitrogen and oxygen atoms in total. The molecule has 1 aromatic carbocycles. The van der Waals surface area contributed by atoms with Crippen LogP contribution in [0.25, 0.3) is 11.4 Å². The molecule has 1 aromatic heterocycles. The molecule has 1 N–H and O–H groups in total. The molecule has 2 aromatic rings. The fourth-order valence-electron chi connectivity index (χ4n) is 3.30. The number of benzene rings is 1. The fraction of sp³-hybridized carbons (Fsp3) is 0.550. The molecule has 26 heavy (non-hydrogen) atoms. The first-order chi connectivity index (χ1) is 12.3. The van der Waals surface area contributed by atoms with E-state index in [4.69, 9.17) is 4.52 Å². The van der Waals surface area contributed by atoms with Gasteiger partial charge in [0.2, 0.25) is 17.6 Å². The van der Waals surface area contributed by atoms with Gasteiger partial charge in [0, 0.05) is 17.6 Å². The van der Waals surface area contributed by atoms with Gasteiger partial charge in [0.15, 0.2) is 0 Å². The van der Waals surface area contributed by atoms with Crippen molar-refractivity contribution in [2.24, 2.45) is 5.92 Å². The van der Waals surface area contributed by atoms with E-state index in [1.807, 2.05) is 52.0 Å². The molecular weight excluding hydrogens is 328 g/mol. The highest BCUT2D eigenvalue weighted by Gasteiger charge is 2.28. The standard InChI is InChI=1S/C20H28N4O2/c1-14-7-5-8-15(11-14)18-21-17(26-23-18)13-24-10-6-9-16(12-24)19(25)22-20(2,3)4/h5,7-8,11,16H,6,9-10,12-13H2,1-4H3,(H,22,25). The smallest absolute Gasteiger partial charge is 0.241 e. The minimum Gasteiger partial charge on any atom is -0.351 e. The number of likely N-dealkylation sites (tertiary alicyclic amines) is 1. The number of carbonyl (C=O) groups excluding carboxylic acids is 1. The van der Waals surface area contributed by atoms with Crippen molar-refractivity contribution in [2.75, 3.05) is 13.1 Å². The lowest BCUT2D eigenvalue weighted by molar-refractivity contribution is -0.128. The molecule has 1 unspecified atom stereocenters. The maximum Gasteiger partial charge on any atom is 0.241 e. The van der Waals surface area contributed by atoms with Crippen LogP contribution in [0.4, 0.5) is 0 Å². The molecule has 140 valence electrons. The molecule has 1 aliphatic rings. The first-order valence-electron chi connectivity index (χ1n) is 9.24. The Bertz CT molecular complexity index is 763. The quantitative estimate of drug-likeness (QED) is 0.911. The van der Waals surface area contributed by atoms with Gasteiger partial charge in [0.25, 0.3) is 0 Å². The molecule has 0 radical (unpaired) electrons. The zero-order valence-corrected chi connectivity index (χ0v) is 16.1. The van der Waals surface area contributed by atoms with E-state index in [-0.39, 0.29) is 17.4 Å². The van der Waals surface area contributed by atoms with Crippen LogP contribution in [-0.2, 0) is 11.3 Å². The van der Waals surface area contributed by atoms with Crippen molar-refractivity contribution in [3.8, 4) is 11.4 Å². The Morgan fingerprint density at radius 1 is 1.38 bits per heavy atom. The van der Waals surface area contributed by atoms with Crippen LogP contribution in [0.3, 0.4) is 0 Å². The predicted octanol–water partition coefficient (Wildman–Crippen LogP) is 3.17. The van der Waals surface area contributed by atoms with Crippen molar-refractivity contribution >= 4 is 5.91 Å². The molecule has 0 aliphatic carbocycles. The number of hydrogen-bond donors (Lipinski definition) is 1. The lowest BCUT2D eigenvalue weighted by atomic mass is 9.95. The van der Waals surface area contributed by atoms with Gasteiger partial charge in [0.05, 0.1) is 12.5 Å². The van der Waals surface area contributed by atoms with Crippen LogP contribution in [0.1, 0.15) is 45.1 Å². The van der Waals surface area contributed by atoms with Gasteiger partial charge < -0.3 is 9.84 Å². The summed E-state index contributed by atoms with van der Waals surface area (Å²) in [4.78, 5) is 19.2. The second-order valence-electron chi connectivity index (χ2n) is 8.19. The third-order valence-electron chi connectivity index (χ3n) is 4.48. The Kier molecular flexibility index (Phi) is 5.41. The van der Waals surface area contributed by atoms with Crippen LogP contribution in [0.5, 0.6) is 0 Å². The van der Waals surface area contributed by atoms with E-state index in [2.05, 4.69) is 20.4 Å². The largest absolute Gasteiger partial charge is 0.351 e. The summed E-state index contributed by atoms with van der Waals surface area (Å²) in [6.07, 6.45) is 1.93. The Morgan fingerprint density at radius 2 is 2.19 bits per heavy atom. The topological polar surface area (TPSA) is 71.3 Å². The summed E-state index contributed by atoms with van der Waals surface area (Å²) in [5, 5.41) is 7.19. The summed E-state index contributed by atoms with van der Waals surface area (Å²) < 4.78 is 5.43. The molecule has 1 atom stereocenters. The van der Waals surface area contributed by atoms with Crippen LogP contribution >= 0.6 is 0 Å². The number of carbonyl (C=O) groups is 1. The average Bonchev–Trinajstić information content (AvgIpc) is 3.02. The summed E-state index contributed by atoms with van der Waals surface area (Å²) in [7, 11) is 0. The van der Waals surface area contributed by atoms with Crippen molar-refractivity contribution in [1.29, 1.82) is 0 Å². The molecule has 1 fully saturated rings. The minimum absolute atomic E-state index is 0.0159. The lowest BCUT2D eigenvalue weighted by Crippen LogP contribution is -2.48. The van der Waals surface area contributed by atoms with Gasteiger partial charge >= 0.3 is 0 Å². The first-order valence-corrected chi connectivity index (χ1v) is 9.24. The highest BCUT2D eigenvalue weighted by Crippen LogP contribution is 2.21. The van der Waals surface area contributed by atoms with E-state index in [1.165, 1.54) is 0 Å². The van der Waals surface area contributed by atoms with E-state index in [1.54, 1.807) is 0 Å². The Morgan fingerprint density at radius 3 is 2.92 bits per heavy atom. The molecule has 0 spiro atoms. The number of aryl methyl sites for hydroxylation is 1. The Labute approximate surface area is 155 Å². The van der Waals surface area contributed by atoms with E-state index in [0.717, 1.165) is 37.1 Å². The van der Waals surface area contributed by atoms with Crippen molar-refractivity contribution in [2.45, 2.75) is 52.6 Å². The van der Waals surface area contributed by atoms with Crippen molar-refractivity contribution in [1.82, 2.24) is 20.4 Å². The van der Waals surface area contributed by atoms with Gasteiger partial charge in [-0.15, -0.1) is 0 Å². The fourth-order valence-corrected chi connectivity index (χ4v) is 3.30. The summed E-state index contributed by atoms with van der Waals surface area (Å²) in [6, 6.07) is 8.06. The zero-order chi connectivity index (χ0) is 18.7. The molecule has 6 heteroatoms. The number of nitrogens with zero attached hydrogens (tertiary/aromatic N) is 3. The van der Waals surface area contributed by atoms with E-state index in [9.17, 15) is 4.79 Å². The van der Waals surface area contributed by atoms with E-state index >= 15 is 0 Å². The van der Waals surface area contributed by atoms with Crippen LogP contribution in [0, 0.1) is 12.8 Å². The number of nitrogens with one attached hydrogen (secondary N) is 1. The molecule has 3 rings (SSSR count). The monoisotopic (exact) mass is 356 g/mol. The SMILES string of the molecule is Cc1cccc(-c2noc(CN3CCCC(C(=O)NC(C)(C)C)C3)n2)c1. The number of piperidine rings is 1. The molecule has 1 saturated heterocycles. The summed E-state index contributed by atoms with van der Waals surface area (Å²) in [5.74, 6) is 1.36. The van der Waals surface area contributed by atoms with Crippen LogP contribution in [0.15, 0.2) is 28.8 Å². The highest BCUT2D eigenvalue weighted by molar-refractivity contribution is 5.79. The third-order valence-corrected chi connectivity index (χ3v) is 4.48. The minimum atomic E-state index is -0.200. The zero-order valence-electron chi connectivity index (χ0n) is 16.1. The van der Waals surface area contributed by atoms with Crippen LogP contribution in [-0.4, -0.2) is 39.6 Å². The molecular formula is C20H28N4O2. The lowest BCUT2D eigenvalue weighted by Gasteiger charge is -2.32. The van der Waals surface area contributed by atoms with Crippen LogP contribution < -0.4 is 5.32 Å². The van der Waals surface area contributed by atoms with Gasteiger partial charge in [-0.05, 0) is 53.1 Å². The van der Waals surface area contributed by atoms with E-state index < -0.39 is 0 Å². The molecule has 0 bridgehead atoms. The van der Waals surface area contributed by atoms with Gasteiger partial charge in [-0.3, -0.25) is 9.69 Å².